The van der Waals surface area contributed by atoms with E-state index in [4.69, 9.17) is 9.72 Å². The first-order chi connectivity index (χ1) is 16.4. The van der Waals surface area contributed by atoms with Crippen LogP contribution < -0.4 is 4.90 Å². The number of nitrogens with zero attached hydrogens (tertiary/aromatic N) is 4. The van der Waals surface area contributed by atoms with Crippen molar-refractivity contribution in [3.05, 3.63) is 69.3 Å². The summed E-state index contributed by atoms with van der Waals surface area (Å²) < 4.78 is 6.52. The van der Waals surface area contributed by atoms with Gasteiger partial charge in [0.2, 0.25) is 0 Å². The molecule has 1 amide bonds. The average molecular weight is 481 g/mol. The Balaban J connectivity index is 1.54. The molecule has 1 fully saturated rings. The van der Waals surface area contributed by atoms with Crippen LogP contribution in [0.1, 0.15) is 23.1 Å². The van der Waals surface area contributed by atoms with Gasteiger partial charge in [-0.25, -0.2) is 4.98 Å². The summed E-state index contributed by atoms with van der Waals surface area (Å²) in [4.78, 5) is 32.6. The molecule has 0 unspecified atom stereocenters. The van der Waals surface area contributed by atoms with E-state index in [2.05, 4.69) is 24.0 Å². The zero-order chi connectivity index (χ0) is 24.1. The normalized spacial score (nSPS) is 14.6. The number of amides is 1. The van der Waals surface area contributed by atoms with Crippen molar-refractivity contribution < 1.29 is 14.5 Å². The molecule has 0 atom stereocenters. The summed E-state index contributed by atoms with van der Waals surface area (Å²) in [5, 5.41) is 11.6. The van der Waals surface area contributed by atoms with E-state index in [9.17, 15) is 14.9 Å². The lowest BCUT2D eigenvalue weighted by molar-refractivity contribution is -0.384. The van der Waals surface area contributed by atoms with Crippen molar-refractivity contribution in [2.75, 3.05) is 44.3 Å². The summed E-state index contributed by atoms with van der Waals surface area (Å²) >= 11 is 1.54. The molecule has 178 valence electrons. The first-order valence-electron chi connectivity index (χ1n) is 11.3. The topological polar surface area (TPSA) is 88.8 Å². The number of hydrogen-bond donors (Lipinski definition) is 0. The molecule has 9 heteroatoms. The number of nitro benzene ring substituents is 1. The van der Waals surface area contributed by atoms with Gasteiger partial charge in [-0.3, -0.25) is 24.7 Å². The fourth-order valence-corrected chi connectivity index (χ4v) is 5.05. The van der Waals surface area contributed by atoms with Gasteiger partial charge in [0, 0.05) is 44.4 Å². The summed E-state index contributed by atoms with van der Waals surface area (Å²) in [5.41, 5.74) is 3.92. The van der Waals surface area contributed by atoms with Gasteiger partial charge in [-0.05, 0) is 55.2 Å². The Labute approximate surface area is 202 Å². The summed E-state index contributed by atoms with van der Waals surface area (Å²) in [6.07, 6.45) is 4.03. The molecule has 1 aromatic heterocycles. The van der Waals surface area contributed by atoms with Gasteiger partial charge >= 0.3 is 0 Å². The third kappa shape index (κ3) is 5.67. The average Bonchev–Trinajstić information content (AvgIpc) is 3.30. The van der Waals surface area contributed by atoms with E-state index in [-0.39, 0.29) is 11.6 Å². The van der Waals surface area contributed by atoms with Gasteiger partial charge in [-0.1, -0.05) is 23.5 Å². The molecule has 3 aromatic rings. The fraction of sp³-hybridized carbons (Fsp3) is 0.360. The molecule has 0 spiro atoms. The molecular formula is C25H28N4O4S. The van der Waals surface area contributed by atoms with Gasteiger partial charge in [0.05, 0.1) is 28.4 Å². The van der Waals surface area contributed by atoms with Crippen molar-refractivity contribution in [1.29, 1.82) is 0 Å². The maximum atomic E-state index is 13.3. The number of hydrogen-bond acceptors (Lipinski definition) is 7. The molecule has 0 N–H and O–H groups in total. The van der Waals surface area contributed by atoms with E-state index in [1.165, 1.54) is 29.5 Å². The maximum absolute atomic E-state index is 13.3. The minimum Gasteiger partial charge on any atom is -0.379 e. The van der Waals surface area contributed by atoms with E-state index in [1.807, 2.05) is 6.92 Å². The molecule has 2 aromatic carbocycles. The molecule has 0 radical (unpaired) electrons. The Bertz CT molecular complexity index is 1160. The number of carbonyl (C=O) groups is 1. The van der Waals surface area contributed by atoms with Crippen LogP contribution in [0.4, 0.5) is 10.8 Å². The highest BCUT2D eigenvalue weighted by atomic mass is 32.1. The van der Waals surface area contributed by atoms with Crippen LogP contribution in [0.2, 0.25) is 0 Å². The number of ether oxygens (including phenoxy) is 1. The third-order valence-corrected chi connectivity index (χ3v) is 7.12. The van der Waals surface area contributed by atoms with Gasteiger partial charge < -0.3 is 4.74 Å². The Morgan fingerprint density at radius 2 is 1.88 bits per heavy atom. The Morgan fingerprint density at radius 1 is 1.18 bits per heavy atom. The third-order valence-electron chi connectivity index (χ3n) is 5.91. The van der Waals surface area contributed by atoms with Gasteiger partial charge in [0.25, 0.3) is 11.6 Å². The predicted octanol–water partition coefficient (Wildman–Crippen LogP) is 4.59. The lowest BCUT2D eigenvalue weighted by atomic mass is 10.1. The number of thiazole rings is 1. The van der Waals surface area contributed by atoms with Gasteiger partial charge in [-0.15, -0.1) is 0 Å². The van der Waals surface area contributed by atoms with Crippen LogP contribution in [-0.4, -0.2) is 60.1 Å². The molecule has 0 bridgehead atoms. The zero-order valence-electron chi connectivity index (χ0n) is 19.4. The Kier molecular flexibility index (Phi) is 7.66. The van der Waals surface area contributed by atoms with Gasteiger partial charge in [0.15, 0.2) is 5.13 Å². The number of carbonyl (C=O) groups excluding carboxylic acids is 1. The quantitative estimate of drug-likeness (QED) is 0.266. The lowest BCUT2D eigenvalue weighted by Crippen LogP contribution is -2.39. The molecular weight excluding hydrogens is 452 g/mol. The standard InChI is InChI=1S/C25H28N4O4S/c1-18-4-5-19(2)24-23(18)26-25(34-24)28(13-3-12-27-14-16-33-17-15-27)22(30)11-8-20-6-9-21(10-7-20)29(31)32/h4-11H,3,12-17H2,1-2H3/b11-8+. The Morgan fingerprint density at radius 3 is 2.56 bits per heavy atom. The fourth-order valence-electron chi connectivity index (χ4n) is 3.91. The number of rotatable bonds is 8. The summed E-state index contributed by atoms with van der Waals surface area (Å²) in [6.45, 7) is 8.85. The van der Waals surface area contributed by atoms with Crippen LogP contribution in [0.15, 0.2) is 42.5 Å². The molecule has 4 rings (SSSR count). The number of aromatic nitrogens is 1. The van der Waals surface area contributed by atoms with Crippen LogP contribution in [0, 0.1) is 24.0 Å². The highest BCUT2D eigenvalue weighted by molar-refractivity contribution is 7.22. The minimum absolute atomic E-state index is 0.0217. The van der Waals surface area contributed by atoms with Gasteiger partial charge in [-0.2, -0.15) is 0 Å². The van der Waals surface area contributed by atoms with Crippen molar-refractivity contribution in [1.82, 2.24) is 9.88 Å². The van der Waals surface area contributed by atoms with Crippen LogP contribution >= 0.6 is 11.3 Å². The number of benzene rings is 2. The largest absolute Gasteiger partial charge is 0.379 e. The van der Waals surface area contributed by atoms with Crippen molar-refractivity contribution in [3.8, 4) is 0 Å². The Hall–Kier alpha value is -3.14. The second-order valence-electron chi connectivity index (χ2n) is 8.35. The van der Waals surface area contributed by atoms with Crippen molar-refractivity contribution in [2.45, 2.75) is 20.3 Å². The first-order valence-corrected chi connectivity index (χ1v) is 12.1. The number of morpholine rings is 1. The van der Waals surface area contributed by atoms with E-state index >= 15 is 0 Å². The smallest absolute Gasteiger partial charge is 0.269 e. The van der Waals surface area contributed by atoms with Crippen molar-refractivity contribution >= 4 is 44.4 Å². The number of non-ortho nitro benzene ring substituents is 1. The summed E-state index contributed by atoms with van der Waals surface area (Å²) in [5.74, 6) is -0.158. The molecule has 1 aliphatic rings. The molecule has 1 saturated heterocycles. The van der Waals surface area contributed by atoms with Crippen LogP contribution in [0.5, 0.6) is 0 Å². The minimum atomic E-state index is -0.439. The number of anilines is 1. The summed E-state index contributed by atoms with van der Waals surface area (Å²) in [7, 11) is 0. The predicted molar refractivity (Wildman–Crippen MR) is 135 cm³/mol. The molecule has 1 aliphatic heterocycles. The van der Waals surface area contributed by atoms with Crippen LogP contribution in [-0.2, 0) is 9.53 Å². The van der Waals surface area contributed by atoms with E-state index in [0.29, 0.717) is 11.7 Å². The van der Waals surface area contributed by atoms with Crippen molar-refractivity contribution in [2.24, 2.45) is 0 Å². The molecule has 0 saturated carbocycles. The SMILES string of the molecule is Cc1ccc(C)c2sc(N(CCCN3CCOCC3)C(=O)/C=C/c3ccc([N+](=O)[O-])cc3)nc12. The number of fused-ring (bicyclic) bond motifs is 1. The second kappa shape index (κ2) is 10.9. The number of nitro groups is 1. The molecule has 34 heavy (non-hydrogen) atoms. The van der Waals surface area contributed by atoms with Crippen molar-refractivity contribution in [3.63, 3.8) is 0 Å². The zero-order valence-corrected chi connectivity index (χ0v) is 20.2. The second-order valence-corrected chi connectivity index (χ2v) is 9.33. The highest BCUT2D eigenvalue weighted by Gasteiger charge is 2.20. The molecule has 8 nitrogen and oxygen atoms in total. The van der Waals surface area contributed by atoms with Crippen LogP contribution in [0.3, 0.4) is 0 Å². The van der Waals surface area contributed by atoms with Crippen LogP contribution in [0.25, 0.3) is 16.3 Å². The summed E-state index contributed by atoms with van der Waals surface area (Å²) in [6, 6.07) is 10.3. The van der Waals surface area contributed by atoms with Gasteiger partial charge in [0.1, 0.15) is 0 Å². The molecule has 2 heterocycles. The lowest BCUT2D eigenvalue weighted by Gasteiger charge is -2.27. The van der Waals surface area contributed by atoms with E-state index < -0.39 is 4.92 Å². The van der Waals surface area contributed by atoms with E-state index in [0.717, 1.165) is 66.2 Å². The maximum Gasteiger partial charge on any atom is 0.269 e. The molecule has 0 aliphatic carbocycles. The van der Waals surface area contributed by atoms with E-state index in [1.54, 1.807) is 23.1 Å². The number of aryl methyl sites for hydroxylation is 2. The first kappa shape index (κ1) is 24.0. The highest BCUT2D eigenvalue weighted by Crippen LogP contribution is 2.33. The monoisotopic (exact) mass is 480 g/mol.